The first kappa shape index (κ1) is 18.5. The molecule has 0 saturated heterocycles. The summed E-state index contributed by atoms with van der Waals surface area (Å²) >= 11 is 0. The molecule has 2 amide bonds. The van der Waals surface area contributed by atoms with Crippen molar-refractivity contribution in [1.82, 2.24) is 5.32 Å². The minimum Gasteiger partial charge on any atom is -0.372 e. The van der Waals surface area contributed by atoms with Gasteiger partial charge in [-0.15, -0.1) is 0 Å². The molecular weight excluding hydrogens is 314 g/mol. The Bertz CT molecular complexity index is 680. The van der Waals surface area contributed by atoms with Crippen molar-refractivity contribution in [3.05, 3.63) is 60.2 Å². The zero-order valence-corrected chi connectivity index (χ0v) is 14.8. The molecule has 2 aromatic rings. The zero-order chi connectivity index (χ0) is 18.1. The smallest absolute Gasteiger partial charge is 0.313 e. The van der Waals surface area contributed by atoms with Crippen molar-refractivity contribution >= 4 is 23.2 Å². The van der Waals surface area contributed by atoms with Crippen molar-refractivity contribution in [1.29, 1.82) is 0 Å². The van der Waals surface area contributed by atoms with Crippen LogP contribution in [-0.4, -0.2) is 31.4 Å². The molecule has 0 fully saturated rings. The van der Waals surface area contributed by atoms with Gasteiger partial charge >= 0.3 is 11.8 Å². The van der Waals surface area contributed by atoms with Crippen LogP contribution in [0.2, 0.25) is 0 Å². The molecule has 0 aliphatic rings. The Morgan fingerprint density at radius 1 is 0.880 bits per heavy atom. The van der Waals surface area contributed by atoms with E-state index >= 15 is 0 Å². The minimum absolute atomic E-state index is 0.428. The molecule has 2 rings (SSSR count). The molecule has 0 aliphatic carbocycles. The van der Waals surface area contributed by atoms with Crippen LogP contribution in [0.15, 0.2) is 54.6 Å². The summed E-state index contributed by atoms with van der Waals surface area (Å²) in [5.74, 6) is -1.27. The van der Waals surface area contributed by atoms with Crippen LogP contribution in [0.4, 0.5) is 11.4 Å². The predicted octanol–water partition coefficient (Wildman–Crippen LogP) is 2.83. The maximum absolute atomic E-state index is 12.0. The first-order valence-corrected chi connectivity index (χ1v) is 8.62. The molecule has 0 atom stereocenters. The van der Waals surface area contributed by atoms with Crippen LogP contribution in [-0.2, 0) is 16.0 Å². The highest BCUT2D eigenvalue weighted by atomic mass is 16.2. The molecule has 0 bridgehead atoms. The highest BCUT2D eigenvalue weighted by molar-refractivity contribution is 6.39. The minimum atomic E-state index is -0.649. The first-order chi connectivity index (χ1) is 12.1. The molecule has 25 heavy (non-hydrogen) atoms. The fourth-order valence-corrected chi connectivity index (χ4v) is 2.58. The third-order valence-electron chi connectivity index (χ3n) is 4.00. The maximum atomic E-state index is 12.0. The van der Waals surface area contributed by atoms with Gasteiger partial charge in [0, 0.05) is 31.0 Å². The monoisotopic (exact) mass is 339 g/mol. The first-order valence-electron chi connectivity index (χ1n) is 8.62. The Kier molecular flexibility index (Phi) is 7.01. The van der Waals surface area contributed by atoms with E-state index in [2.05, 4.69) is 29.4 Å². The number of hydrogen-bond donors (Lipinski definition) is 2. The van der Waals surface area contributed by atoms with Crippen LogP contribution >= 0.6 is 0 Å². The van der Waals surface area contributed by atoms with Gasteiger partial charge in [0.15, 0.2) is 0 Å². The van der Waals surface area contributed by atoms with Gasteiger partial charge < -0.3 is 15.5 Å². The number of hydrogen-bond acceptors (Lipinski definition) is 3. The van der Waals surface area contributed by atoms with Gasteiger partial charge in [0.2, 0.25) is 0 Å². The molecule has 2 N–H and O–H groups in total. The largest absolute Gasteiger partial charge is 0.372 e. The highest BCUT2D eigenvalue weighted by Crippen LogP contribution is 2.17. The van der Waals surface area contributed by atoms with E-state index < -0.39 is 11.8 Å². The zero-order valence-electron chi connectivity index (χ0n) is 14.8. The third kappa shape index (κ3) is 5.64. The average Bonchev–Trinajstić information content (AvgIpc) is 2.65. The van der Waals surface area contributed by atoms with E-state index in [1.54, 1.807) is 0 Å². The van der Waals surface area contributed by atoms with Gasteiger partial charge in [-0.1, -0.05) is 30.3 Å². The molecule has 0 radical (unpaired) electrons. The lowest BCUT2D eigenvalue weighted by Gasteiger charge is -2.21. The van der Waals surface area contributed by atoms with Crippen molar-refractivity contribution in [3.63, 3.8) is 0 Å². The van der Waals surface area contributed by atoms with Crippen molar-refractivity contribution < 1.29 is 9.59 Å². The number of anilines is 2. The normalized spacial score (nSPS) is 10.2. The summed E-state index contributed by atoms with van der Waals surface area (Å²) < 4.78 is 0. The topological polar surface area (TPSA) is 61.4 Å². The Hall–Kier alpha value is -2.82. The predicted molar refractivity (Wildman–Crippen MR) is 102 cm³/mol. The summed E-state index contributed by atoms with van der Waals surface area (Å²) in [6.07, 6.45) is 0.693. The van der Waals surface area contributed by atoms with Crippen molar-refractivity contribution in [2.24, 2.45) is 0 Å². The summed E-state index contributed by atoms with van der Waals surface area (Å²) in [7, 11) is 0. The standard InChI is InChI=1S/C20H25N3O2/c1-3-23(4-2)18-12-10-17(11-13-18)22-20(25)19(24)21-15-14-16-8-6-5-7-9-16/h5-13H,3-4,14-15H2,1-2H3,(H,21,24)(H,22,25). The molecule has 0 unspecified atom stereocenters. The summed E-state index contributed by atoms with van der Waals surface area (Å²) in [5, 5.41) is 5.26. The average molecular weight is 339 g/mol. The number of carbonyl (C=O) groups is 2. The number of carbonyl (C=O) groups excluding carboxylic acids is 2. The van der Waals surface area contributed by atoms with Crippen molar-refractivity contribution in [2.45, 2.75) is 20.3 Å². The third-order valence-corrected chi connectivity index (χ3v) is 4.00. The van der Waals surface area contributed by atoms with Crippen LogP contribution in [0.3, 0.4) is 0 Å². The van der Waals surface area contributed by atoms with Gasteiger partial charge in [0.25, 0.3) is 0 Å². The van der Waals surface area contributed by atoms with E-state index in [4.69, 9.17) is 0 Å². The molecule has 5 nitrogen and oxygen atoms in total. The van der Waals surface area contributed by atoms with Gasteiger partial charge in [0.05, 0.1) is 0 Å². The number of amides is 2. The van der Waals surface area contributed by atoms with E-state index in [0.29, 0.717) is 18.7 Å². The quantitative estimate of drug-likeness (QED) is 0.763. The van der Waals surface area contributed by atoms with Crippen LogP contribution in [0, 0.1) is 0 Å². The van der Waals surface area contributed by atoms with Gasteiger partial charge in [0.1, 0.15) is 0 Å². The van der Waals surface area contributed by atoms with Crippen LogP contribution < -0.4 is 15.5 Å². The lowest BCUT2D eigenvalue weighted by molar-refractivity contribution is -0.136. The Morgan fingerprint density at radius 3 is 2.12 bits per heavy atom. The Labute approximate surface area is 149 Å². The molecule has 0 saturated carbocycles. The second-order valence-corrected chi connectivity index (χ2v) is 5.66. The molecule has 2 aromatic carbocycles. The molecule has 0 aromatic heterocycles. The van der Waals surface area contributed by atoms with Crippen molar-refractivity contribution in [2.75, 3.05) is 29.9 Å². The second-order valence-electron chi connectivity index (χ2n) is 5.66. The number of nitrogens with one attached hydrogen (secondary N) is 2. The maximum Gasteiger partial charge on any atom is 0.313 e. The summed E-state index contributed by atoms with van der Waals surface area (Å²) in [6.45, 7) is 6.47. The lowest BCUT2D eigenvalue weighted by atomic mass is 10.1. The number of rotatable bonds is 7. The number of benzene rings is 2. The number of nitrogens with zero attached hydrogens (tertiary/aromatic N) is 1. The molecular formula is C20H25N3O2. The fourth-order valence-electron chi connectivity index (χ4n) is 2.58. The Balaban J connectivity index is 1.81. The highest BCUT2D eigenvalue weighted by Gasteiger charge is 2.13. The van der Waals surface area contributed by atoms with Gasteiger partial charge in [-0.25, -0.2) is 0 Å². The van der Waals surface area contributed by atoms with Gasteiger partial charge in [-0.05, 0) is 50.1 Å². The van der Waals surface area contributed by atoms with E-state index in [0.717, 1.165) is 24.3 Å². The van der Waals surface area contributed by atoms with Crippen molar-refractivity contribution in [3.8, 4) is 0 Å². The molecule has 0 aliphatic heterocycles. The fraction of sp³-hybridized carbons (Fsp3) is 0.300. The van der Waals surface area contributed by atoms with E-state index in [1.165, 1.54) is 0 Å². The van der Waals surface area contributed by atoms with Gasteiger partial charge in [-0.2, -0.15) is 0 Å². The van der Waals surface area contributed by atoms with Crippen LogP contribution in [0.1, 0.15) is 19.4 Å². The summed E-state index contributed by atoms with van der Waals surface area (Å²) in [6, 6.07) is 17.3. The molecule has 0 heterocycles. The molecule has 5 heteroatoms. The molecule has 0 spiro atoms. The summed E-state index contributed by atoms with van der Waals surface area (Å²) in [5.41, 5.74) is 2.82. The molecule has 132 valence electrons. The van der Waals surface area contributed by atoms with E-state index in [-0.39, 0.29) is 0 Å². The Morgan fingerprint density at radius 2 is 1.52 bits per heavy atom. The van der Waals surface area contributed by atoms with E-state index in [1.807, 2.05) is 54.6 Å². The second kappa shape index (κ2) is 9.47. The van der Waals surface area contributed by atoms with Gasteiger partial charge in [-0.3, -0.25) is 9.59 Å². The van der Waals surface area contributed by atoms with E-state index in [9.17, 15) is 9.59 Å². The van der Waals surface area contributed by atoms with Crippen LogP contribution in [0.25, 0.3) is 0 Å². The lowest BCUT2D eigenvalue weighted by Crippen LogP contribution is -2.36. The SMILES string of the molecule is CCN(CC)c1ccc(NC(=O)C(=O)NCCc2ccccc2)cc1. The summed E-state index contributed by atoms with van der Waals surface area (Å²) in [4.78, 5) is 26.0. The van der Waals surface area contributed by atoms with Crippen LogP contribution in [0.5, 0.6) is 0 Å².